The van der Waals surface area contributed by atoms with Gasteiger partial charge in [0.15, 0.2) is 23.1 Å². The molecule has 0 aromatic heterocycles. The second-order valence-electron chi connectivity index (χ2n) is 1.95. The molecule has 0 unspecified atom stereocenters. The van der Waals surface area contributed by atoms with E-state index in [2.05, 4.69) is 0 Å². The number of hydrogen-bond acceptors (Lipinski definition) is 3. The van der Waals surface area contributed by atoms with Gasteiger partial charge in [0.25, 0.3) is 0 Å². The van der Waals surface area contributed by atoms with Crippen LogP contribution in [0.15, 0.2) is 6.07 Å². The number of benzene rings is 1. The molecule has 0 fully saturated rings. The van der Waals surface area contributed by atoms with Crippen LogP contribution in [0, 0.1) is 11.6 Å². The Labute approximate surface area is 60.7 Å². The summed E-state index contributed by atoms with van der Waals surface area (Å²) in [6.07, 6.45) is 0. The Bertz CT molecular complexity index is 275. The predicted octanol–water partition coefficient (Wildman–Crippen LogP) is 0.958. The molecular formula is C6H5F2NO2. The summed E-state index contributed by atoms with van der Waals surface area (Å²) in [7, 11) is 0. The van der Waals surface area contributed by atoms with Crippen LogP contribution >= 0.6 is 0 Å². The highest BCUT2D eigenvalue weighted by atomic mass is 19.2. The molecule has 0 spiro atoms. The first-order valence-corrected chi connectivity index (χ1v) is 2.69. The molecule has 0 bridgehead atoms. The summed E-state index contributed by atoms with van der Waals surface area (Å²) < 4.78 is 24.7. The fraction of sp³-hybridized carbons (Fsp3) is 0. The minimum Gasteiger partial charge on any atom is -0.504 e. The first-order valence-electron chi connectivity index (χ1n) is 2.69. The van der Waals surface area contributed by atoms with Gasteiger partial charge in [-0.2, -0.15) is 0 Å². The van der Waals surface area contributed by atoms with Crippen LogP contribution in [0.4, 0.5) is 14.5 Å². The van der Waals surface area contributed by atoms with Gasteiger partial charge in [0, 0.05) is 6.07 Å². The van der Waals surface area contributed by atoms with E-state index in [-0.39, 0.29) is 0 Å². The lowest BCUT2D eigenvalue weighted by Crippen LogP contribution is -1.94. The van der Waals surface area contributed by atoms with Gasteiger partial charge >= 0.3 is 0 Å². The van der Waals surface area contributed by atoms with Gasteiger partial charge in [-0.05, 0) is 0 Å². The van der Waals surface area contributed by atoms with Crippen LogP contribution in [0.3, 0.4) is 0 Å². The molecule has 3 nitrogen and oxygen atoms in total. The van der Waals surface area contributed by atoms with Gasteiger partial charge in [-0.3, -0.25) is 0 Å². The Morgan fingerprint density at radius 1 is 1.27 bits per heavy atom. The zero-order chi connectivity index (χ0) is 8.59. The zero-order valence-corrected chi connectivity index (χ0v) is 5.31. The zero-order valence-electron chi connectivity index (χ0n) is 5.31. The first-order chi connectivity index (χ1) is 5.04. The van der Waals surface area contributed by atoms with Crippen molar-refractivity contribution in [2.45, 2.75) is 0 Å². The van der Waals surface area contributed by atoms with Crippen LogP contribution in [0.5, 0.6) is 11.5 Å². The van der Waals surface area contributed by atoms with Gasteiger partial charge < -0.3 is 15.9 Å². The van der Waals surface area contributed by atoms with E-state index in [1.54, 1.807) is 0 Å². The van der Waals surface area contributed by atoms with Crippen LogP contribution in [0.2, 0.25) is 0 Å². The Morgan fingerprint density at radius 2 is 1.82 bits per heavy atom. The third kappa shape index (κ3) is 1.04. The van der Waals surface area contributed by atoms with E-state index in [0.717, 1.165) is 0 Å². The second kappa shape index (κ2) is 2.26. The Kier molecular flexibility index (Phi) is 1.56. The number of halogens is 2. The molecule has 0 saturated carbocycles. The van der Waals surface area contributed by atoms with E-state index in [0.29, 0.717) is 6.07 Å². The molecule has 60 valence electrons. The number of nitrogens with two attached hydrogens (primary N) is 1. The first kappa shape index (κ1) is 7.59. The van der Waals surface area contributed by atoms with Gasteiger partial charge in [-0.1, -0.05) is 0 Å². The summed E-state index contributed by atoms with van der Waals surface area (Å²) in [4.78, 5) is 0. The highest BCUT2D eigenvalue weighted by molar-refractivity contribution is 5.59. The molecule has 11 heavy (non-hydrogen) atoms. The summed E-state index contributed by atoms with van der Waals surface area (Å²) in [5, 5.41) is 17.4. The van der Waals surface area contributed by atoms with Gasteiger partial charge in [0.2, 0.25) is 0 Å². The number of nitrogen functional groups attached to an aromatic ring is 1. The SMILES string of the molecule is Nc1c(O)c(O)cc(F)c1F. The lowest BCUT2D eigenvalue weighted by molar-refractivity contribution is 0.393. The standard InChI is InChI=1S/C6H5F2NO2/c7-2-1-3(10)6(11)5(9)4(2)8/h1,10-11H,9H2. The highest BCUT2D eigenvalue weighted by Crippen LogP contribution is 2.34. The van der Waals surface area contributed by atoms with Gasteiger partial charge in [-0.15, -0.1) is 0 Å². The molecule has 0 heterocycles. The van der Waals surface area contributed by atoms with Crippen molar-refractivity contribution in [1.29, 1.82) is 0 Å². The third-order valence-electron chi connectivity index (χ3n) is 1.21. The van der Waals surface area contributed by atoms with Crippen molar-refractivity contribution in [3.8, 4) is 11.5 Å². The van der Waals surface area contributed by atoms with Gasteiger partial charge in [0.05, 0.1) is 0 Å². The maximum Gasteiger partial charge on any atom is 0.185 e. The van der Waals surface area contributed by atoms with Gasteiger partial charge in [-0.25, -0.2) is 8.78 Å². The molecule has 0 aliphatic carbocycles. The quantitative estimate of drug-likeness (QED) is 0.392. The predicted molar refractivity (Wildman–Crippen MR) is 34.1 cm³/mol. The van der Waals surface area contributed by atoms with Crippen molar-refractivity contribution in [3.63, 3.8) is 0 Å². The lowest BCUT2D eigenvalue weighted by Gasteiger charge is -2.02. The van der Waals surface area contributed by atoms with Crippen LogP contribution in [0.25, 0.3) is 0 Å². The summed E-state index contributed by atoms with van der Waals surface area (Å²) in [5.74, 6) is -4.27. The van der Waals surface area contributed by atoms with E-state index in [1.165, 1.54) is 0 Å². The molecule has 0 aliphatic heterocycles. The minimum absolute atomic E-state index is 0.445. The number of phenols is 2. The molecule has 0 aliphatic rings. The summed E-state index contributed by atoms with van der Waals surface area (Å²) in [6, 6.07) is 0.445. The maximum atomic E-state index is 12.4. The smallest absolute Gasteiger partial charge is 0.185 e. The molecule has 0 amide bonds. The highest BCUT2D eigenvalue weighted by Gasteiger charge is 2.14. The van der Waals surface area contributed by atoms with E-state index in [9.17, 15) is 8.78 Å². The number of aromatic hydroxyl groups is 2. The van der Waals surface area contributed by atoms with Crippen molar-refractivity contribution in [2.75, 3.05) is 5.73 Å². The van der Waals surface area contributed by atoms with Crippen LogP contribution in [-0.4, -0.2) is 10.2 Å². The molecule has 0 radical (unpaired) electrons. The lowest BCUT2D eigenvalue weighted by atomic mass is 10.2. The normalized spacial score (nSPS) is 10.0. The van der Waals surface area contributed by atoms with E-state index in [1.807, 2.05) is 0 Å². The van der Waals surface area contributed by atoms with Gasteiger partial charge in [0.1, 0.15) is 5.69 Å². The molecule has 0 saturated heterocycles. The van der Waals surface area contributed by atoms with E-state index in [4.69, 9.17) is 15.9 Å². The molecule has 1 rings (SSSR count). The van der Waals surface area contributed by atoms with Crippen molar-refractivity contribution in [1.82, 2.24) is 0 Å². The molecular weight excluding hydrogens is 156 g/mol. The fourth-order valence-electron chi connectivity index (χ4n) is 0.622. The minimum atomic E-state index is -1.36. The summed E-state index contributed by atoms with van der Waals surface area (Å²) >= 11 is 0. The van der Waals surface area contributed by atoms with Crippen molar-refractivity contribution >= 4 is 5.69 Å². The van der Waals surface area contributed by atoms with Crippen LogP contribution < -0.4 is 5.73 Å². The number of phenolic OH excluding ortho intramolecular Hbond substituents is 2. The van der Waals surface area contributed by atoms with Crippen LogP contribution in [-0.2, 0) is 0 Å². The molecule has 0 atom stereocenters. The average Bonchev–Trinajstić information content (AvgIpc) is 1.97. The number of anilines is 1. The molecule has 1 aromatic carbocycles. The van der Waals surface area contributed by atoms with Crippen LogP contribution in [0.1, 0.15) is 0 Å². The van der Waals surface area contributed by atoms with E-state index >= 15 is 0 Å². The number of hydrogen-bond donors (Lipinski definition) is 3. The maximum absolute atomic E-state index is 12.4. The Hall–Kier alpha value is -1.52. The monoisotopic (exact) mass is 161 g/mol. The third-order valence-corrected chi connectivity index (χ3v) is 1.21. The van der Waals surface area contributed by atoms with Crippen molar-refractivity contribution < 1.29 is 19.0 Å². The Morgan fingerprint density at radius 3 is 2.36 bits per heavy atom. The average molecular weight is 161 g/mol. The van der Waals surface area contributed by atoms with Crippen molar-refractivity contribution in [2.24, 2.45) is 0 Å². The van der Waals surface area contributed by atoms with Crippen molar-refractivity contribution in [3.05, 3.63) is 17.7 Å². The Balaban J connectivity index is 3.46. The fourth-order valence-corrected chi connectivity index (χ4v) is 0.622. The molecule has 1 aromatic rings. The van der Waals surface area contributed by atoms with E-state index < -0.39 is 28.8 Å². The number of rotatable bonds is 0. The molecule has 4 N–H and O–H groups in total. The summed E-state index contributed by atoms with van der Waals surface area (Å²) in [6.45, 7) is 0. The molecule has 5 heteroatoms. The topological polar surface area (TPSA) is 66.5 Å². The summed E-state index contributed by atoms with van der Waals surface area (Å²) in [5.41, 5.74) is 4.07. The second-order valence-corrected chi connectivity index (χ2v) is 1.95. The largest absolute Gasteiger partial charge is 0.504 e.